The molecule has 1 aliphatic rings. The van der Waals surface area contributed by atoms with E-state index in [1.807, 2.05) is 18.2 Å². The molecule has 2 amide bonds. The first-order valence-corrected chi connectivity index (χ1v) is 7.81. The van der Waals surface area contributed by atoms with E-state index in [1.54, 1.807) is 31.2 Å². The third-order valence-electron chi connectivity index (χ3n) is 3.99. The van der Waals surface area contributed by atoms with Crippen LogP contribution in [0.3, 0.4) is 0 Å². The summed E-state index contributed by atoms with van der Waals surface area (Å²) in [5.74, 6) is 0.0143. The van der Waals surface area contributed by atoms with Gasteiger partial charge in [-0.15, -0.1) is 0 Å². The quantitative estimate of drug-likeness (QED) is 0.608. The maximum absolute atomic E-state index is 12.4. The van der Waals surface area contributed by atoms with E-state index in [4.69, 9.17) is 21.3 Å². The number of rotatable bonds is 2. The van der Waals surface area contributed by atoms with E-state index in [0.29, 0.717) is 22.1 Å². The molecule has 1 aromatic carbocycles. The zero-order valence-corrected chi connectivity index (χ0v) is 14.3. The highest BCUT2D eigenvalue weighted by Gasteiger charge is 2.33. The fourth-order valence-corrected chi connectivity index (χ4v) is 2.67. The number of likely N-dealkylation sites (N-methyl/N-ethyl adjacent to an activating group) is 1. The van der Waals surface area contributed by atoms with Crippen molar-refractivity contribution in [2.45, 2.75) is 6.92 Å². The van der Waals surface area contributed by atoms with Gasteiger partial charge in [0.2, 0.25) is 0 Å². The third-order valence-corrected chi connectivity index (χ3v) is 4.24. The van der Waals surface area contributed by atoms with Crippen molar-refractivity contribution in [3.05, 3.63) is 63.9 Å². The number of furan rings is 1. The number of benzene rings is 1. The van der Waals surface area contributed by atoms with Crippen LogP contribution in [0.5, 0.6) is 0 Å². The van der Waals surface area contributed by atoms with Crippen molar-refractivity contribution in [2.24, 2.45) is 0 Å². The lowest BCUT2D eigenvalue weighted by Crippen LogP contribution is -2.39. The summed E-state index contributed by atoms with van der Waals surface area (Å²) < 4.78 is 5.76. The molecule has 0 aliphatic carbocycles. The number of hydrogen-bond donors (Lipinski definition) is 0. The van der Waals surface area contributed by atoms with E-state index in [2.05, 4.69) is 0 Å². The second-order valence-corrected chi connectivity index (χ2v) is 5.98. The van der Waals surface area contributed by atoms with Crippen molar-refractivity contribution in [3.63, 3.8) is 0 Å². The number of nitriles is 1. The minimum Gasteiger partial charge on any atom is -0.457 e. The van der Waals surface area contributed by atoms with Gasteiger partial charge in [0.05, 0.1) is 0 Å². The monoisotopic (exact) mass is 352 g/mol. The first-order valence-electron chi connectivity index (χ1n) is 7.43. The molecule has 124 valence electrons. The van der Waals surface area contributed by atoms with Crippen molar-refractivity contribution >= 4 is 29.5 Å². The van der Waals surface area contributed by atoms with Crippen LogP contribution >= 0.6 is 11.6 Å². The van der Waals surface area contributed by atoms with Crippen LogP contribution in [0.2, 0.25) is 5.02 Å². The molecule has 2 heterocycles. The van der Waals surface area contributed by atoms with Crippen LogP contribution in [0.1, 0.15) is 12.7 Å². The molecule has 0 saturated carbocycles. The standard InChI is InChI=1S/C19H13ClN2O3/c1-11-15(18(23)22(2)19(24)16(11)10-21)9-14-7-8-17(25-14)12-3-5-13(20)6-4-12/h3-9H,1-2H3/b15-9-. The van der Waals surface area contributed by atoms with Crippen LogP contribution in [0, 0.1) is 11.3 Å². The molecule has 0 unspecified atom stereocenters. The topological polar surface area (TPSA) is 74.3 Å². The summed E-state index contributed by atoms with van der Waals surface area (Å²) in [6.45, 7) is 1.58. The fourth-order valence-electron chi connectivity index (χ4n) is 2.54. The summed E-state index contributed by atoms with van der Waals surface area (Å²) in [5.41, 5.74) is 1.41. The summed E-state index contributed by atoms with van der Waals surface area (Å²) in [4.78, 5) is 25.2. The Kier molecular flexibility index (Phi) is 4.30. The van der Waals surface area contributed by atoms with Gasteiger partial charge in [0.25, 0.3) is 11.8 Å². The Morgan fingerprint density at radius 3 is 2.44 bits per heavy atom. The lowest BCUT2D eigenvalue weighted by atomic mass is 9.95. The predicted molar refractivity (Wildman–Crippen MR) is 93.2 cm³/mol. The second kappa shape index (κ2) is 6.42. The number of carbonyl (C=O) groups is 2. The average Bonchev–Trinajstić information content (AvgIpc) is 3.07. The highest BCUT2D eigenvalue weighted by Crippen LogP contribution is 2.29. The maximum atomic E-state index is 12.4. The number of amides is 2. The van der Waals surface area contributed by atoms with Crippen molar-refractivity contribution in [2.75, 3.05) is 7.05 Å². The van der Waals surface area contributed by atoms with Crippen molar-refractivity contribution in [3.8, 4) is 17.4 Å². The minimum absolute atomic E-state index is 0.0437. The van der Waals surface area contributed by atoms with E-state index in [0.717, 1.165) is 10.5 Å². The van der Waals surface area contributed by atoms with E-state index in [1.165, 1.54) is 13.1 Å². The minimum atomic E-state index is -0.594. The summed E-state index contributed by atoms with van der Waals surface area (Å²) in [7, 11) is 1.35. The van der Waals surface area contributed by atoms with E-state index in [9.17, 15) is 9.59 Å². The molecule has 0 bridgehead atoms. The van der Waals surface area contributed by atoms with E-state index >= 15 is 0 Å². The van der Waals surface area contributed by atoms with Gasteiger partial charge >= 0.3 is 0 Å². The van der Waals surface area contributed by atoms with Crippen LogP contribution in [0.4, 0.5) is 0 Å². The Hall–Kier alpha value is -3.10. The number of imide groups is 1. The molecule has 1 aromatic heterocycles. The Morgan fingerprint density at radius 1 is 1.12 bits per heavy atom. The van der Waals surface area contributed by atoms with Crippen LogP contribution < -0.4 is 0 Å². The van der Waals surface area contributed by atoms with Crippen LogP contribution in [-0.4, -0.2) is 23.8 Å². The zero-order valence-electron chi connectivity index (χ0n) is 13.5. The number of hydrogen-bond acceptors (Lipinski definition) is 4. The van der Waals surface area contributed by atoms with Crippen LogP contribution in [0.15, 0.2) is 57.5 Å². The number of halogens is 1. The maximum Gasteiger partial charge on any atom is 0.271 e. The molecule has 25 heavy (non-hydrogen) atoms. The van der Waals surface area contributed by atoms with Gasteiger partial charge in [-0.3, -0.25) is 14.5 Å². The first-order chi connectivity index (χ1) is 11.9. The predicted octanol–water partition coefficient (Wildman–Crippen LogP) is 3.82. The van der Waals surface area contributed by atoms with Crippen molar-refractivity contribution < 1.29 is 14.0 Å². The van der Waals surface area contributed by atoms with E-state index in [-0.39, 0.29) is 11.1 Å². The number of carbonyl (C=O) groups excluding carboxylic acids is 2. The van der Waals surface area contributed by atoms with Gasteiger partial charge in [0.1, 0.15) is 23.2 Å². The lowest BCUT2D eigenvalue weighted by Gasteiger charge is -2.23. The molecular formula is C19H13ClN2O3. The van der Waals surface area contributed by atoms with Gasteiger partial charge in [-0.2, -0.15) is 5.26 Å². The largest absolute Gasteiger partial charge is 0.457 e. The van der Waals surface area contributed by atoms with Gasteiger partial charge in [-0.25, -0.2) is 0 Å². The van der Waals surface area contributed by atoms with Gasteiger partial charge < -0.3 is 4.42 Å². The lowest BCUT2D eigenvalue weighted by molar-refractivity contribution is -0.138. The molecular weight excluding hydrogens is 340 g/mol. The van der Waals surface area contributed by atoms with Gasteiger partial charge in [-0.05, 0) is 55.0 Å². The molecule has 6 heteroatoms. The third kappa shape index (κ3) is 3.00. The molecule has 5 nitrogen and oxygen atoms in total. The smallest absolute Gasteiger partial charge is 0.271 e. The Bertz CT molecular complexity index is 975. The summed E-state index contributed by atoms with van der Waals surface area (Å²) in [6.07, 6.45) is 1.54. The molecule has 0 radical (unpaired) electrons. The number of nitrogens with zero attached hydrogens (tertiary/aromatic N) is 2. The highest BCUT2D eigenvalue weighted by atomic mass is 35.5. The van der Waals surface area contributed by atoms with E-state index < -0.39 is 11.8 Å². The first kappa shape index (κ1) is 16.7. The normalized spacial score (nSPS) is 16.6. The van der Waals surface area contributed by atoms with Gasteiger partial charge in [0, 0.05) is 23.2 Å². The van der Waals surface area contributed by atoms with Crippen LogP contribution in [-0.2, 0) is 9.59 Å². The Balaban J connectivity index is 2.02. The fraction of sp³-hybridized carbons (Fsp3) is 0.105. The second-order valence-electron chi connectivity index (χ2n) is 5.55. The highest BCUT2D eigenvalue weighted by molar-refractivity contribution is 6.30. The summed E-state index contributed by atoms with van der Waals surface area (Å²) >= 11 is 5.88. The zero-order chi connectivity index (χ0) is 18.1. The van der Waals surface area contributed by atoms with Gasteiger partial charge in [0.15, 0.2) is 0 Å². The van der Waals surface area contributed by atoms with Crippen LogP contribution in [0.25, 0.3) is 17.4 Å². The molecule has 2 aromatic rings. The average molecular weight is 353 g/mol. The Labute approximate surface area is 149 Å². The molecule has 3 rings (SSSR count). The molecule has 1 aliphatic heterocycles. The SMILES string of the molecule is CC1=C(C#N)C(=O)N(C)C(=O)/C1=C\c1ccc(-c2ccc(Cl)cc2)o1. The van der Waals surface area contributed by atoms with Gasteiger partial charge in [-0.1, -0.05) is 11.6 Å². The van der Waals surface area contributed by atoms with Crippen molar-refractivity contribution in [1.29, 1.82) is 5.26 Å². The molecule has 0 spiro atoms. The summed E-state index contributed by atoms with van der Waals surface area (Å²) in [6, 6.07) is 12.5. The molecule has 0 N–H and O–H groups in total. The Morgan fingerprint density at radius 2 is 1.80 bits per heavy atom. The molecule has 0 saturated heterocycles. The molecule has 0 fully saturated rings. The molecule has 0 atom stereocenters. The summed E-state index contributed by atoms with van der Waals surface area (Å²) in [5, 5.41) is 9.79. The van der Waals surface area contributed by atoms with Crippen molar-refractivity contribution in [1.82, 2.24) is 4.90 Å².